The van der Waals surface area contributed by atoms with Crippen LogP contribution >= 0.6 is 0 Å². The average Bonchev–Trinajstić information content (AvgIpc) is 2.98. The van der Waals surface area contributed by atoms with Crippen LogP contribution in [0.4, 0.5) is 4.39 Å². The molecule has 1 fully saturated rings. The fourth-order valence-corrected chi connectivity index (χ4v) is 4.19. The van der Waals surface area contributed by atoms with Gasteiger partial charge in [0.05, 0.1) is 0 Å². The minimum absolute atomic E-state index is 0.131. The maximum Gasteiger partial charge on any atom is 0.219 e. The van der Waals surface area contributed by atoms with Crippen LogP contribution in [0.25, 0.3) is 0 Å². The van der Waals surface area contributed by atoms with Crippen molar-refractivity contribution in [2.75, 3.05) is 26.2 Å². The highest BCUT2D eigenvalue weighted by atomic mass is 19.1. The van der Waals surface area contributed by atoms with Gasteiger partial charge in [-0.15, -0.1) is 10.2 Å². The van der Waals surface area contributed by atoms with Crippen molar-refractivity contribution >= 4 is 5.91 Å². The molecule has 0 N–H and O–H groups in total. The molecule has 1 atom stereocenters. The molecule has 3 heterocycles. The number of likely N-dealkylation sites (tertiary alicyclic amines) is 1. The van der Waals surface area contributed by atoms with Gasteiger partial charge in [-0.25, -0.2) is 4.39 Å². The number of carbonyl (C=O) groups excluding carboxylic acids is 1. The van der Waals surface area contributed by atoms with Crippen LogP contribution < -0.4 is 0 Å². The quantitative estimate of drug-likeness (QED) is 0.830. The van der Waals surface area contributed by atoms with Gasteiger partial charge < -0.3 is 9.47 Å². The van der Waals surface area contributed by atoms with Crippen molar-refractivity contribution in [3.63, 3.8) is 0 Å². The molecule has 2 aliphatic heterocycles. The molecule has 0 unspecified atom stereocenters. The van der Waals surface area contributed by atoms with Crippen molar-refractivity contribution in [3.8, 4) is 0 Å². The summed E-state index contributed by atoms with van der Waals surface area (Å²) >= 11 is 0. The highest BCUT2D eigenvalue weighted by molar-refractivity contribution is 5.73. The third-order valence-electron chi connectivity index (χ3n) is 5.73. The summed E-state index contributed by atoms with van der Waals surface area (Å²) in [5, 5.41) is 8.91. The zero-order valence-corrected chi connectivity index (χ0v) is 15.8. The molecule has 1 saturated heterocycles. The van der Waals surface area contributed by atoms with E-state index >= 15 is 0 Å². The van der Waals surface area contributed by atoms with Crippen LogP contribution in [-0.2, 0) is 24.3 Å². The molecule has 6 nitrogen and oxygen atoms in total. The first kappa shape index (κ1) is 18.1. The summed E-state index contributed by atoms with van der Waals surface area (Å²) < 4.78 is 16.2. The summed E-state index contributed by atoms with van der Waals surface area (Å²) in [4.78, 5) is 15.9. The van der Waals surface area contributed by atoms with Gasteiger partial charge >= 0.3 is 0 Å². The number of nitrogens with zero attached hydrogens (tertiary/aromatic N) is 5. The van der Waals surface area contributed by atoms with Crippen molar-refractivity contribution in [2.45, 2.75) is 45.2 Å². The summed E-state index contributed by atoms with van der Waals surface area (Å²) in [5.74, 6) is 2.24. The second-order valence-corrected chi connectivity index (χ2v) is 7.55. The molecule has 0 aliphatic carbocycles. The number of piperidine rings is 1. The predicted molar refractivity (Wildman–Crippen MR) is 99.6 cm³/mol. The predicted octanol–water partition coefficient (Wildman–Crippen LogP) is 2.20. The number of hydrogen-bond donors (Lipinski definition) is 0. The number of halogens is 1. The van der Waals surface area contributed by atoms with Crippen LogP contribution in [0.5, 0.6) is 0 Å². The van der Waals surface area contributed by atoms with E-state index in [1.807, 2.05) is 17.0 Å². The number of fused-ring (bicyclic) bond motifs is 1. The van der Waals surface area contributed by atoms with Gasteiger partial charge in [-0.2, -0.15) is 0 Å². The first-order valence-electron chi connectivity index (χ1n) is 9.75. The second kappa shape index (κ2) is 7.76. The standard InChI is InChI=1S/C20H26FN5O/c1-15(27)25-9-4-6-17(14-25)20-23-22-19-8-10-24(11-12-26(19)20)13-16-5-2-3-7-18(16)21/h2-3,5,7,17H,4,6,8-14H2,1H3/t17-/m0/s1. The normalized spacial score (nSPS) is 21.0. The van der Waals surface area contributed by atoms with Gasteiger partial charge in [-0.1, -0.05) is 18.2 Å². The Labute approximate surface area is 159 Å². The van der Waals surface area contributed by atoms with Gasteiger partial charge in [0, 0.05) is 64.1 Å². The molecule has 1 aromatic carbocycles. The van der Waals surface area contributed by atoms with Crippen molar-refractivity contribution in [3.05, 3.63) is 47.3 Å². The van der Waals surface area contributed by atoms with E-state index in [1.165, 1.54) is 6.07 Å². The lowest BCUT2D eigenvalue weighted by Gasteiger charge is -2.31. The maximum atomic E-state index is 14.0. The van der Waals surface area contributed by atoms with Crippen molar-refractivity contribution in [1.29, 1.82) is 0 Å². The molecule has 0 radical (unpaired) electrons. The number of rotatable bonds is 3. The lowest BCUT2D eigenvalue weighted by Crippen LogP contribution is -2.38. The van der Waals surface area contributed by atoms with Crippen LogP contribution in [0.1, 0.15) is 42.9 Å². The molecular weight excluding hydrogens is 345 g/mol. The smallest absolute Gasteiger partial charge is 0.219 e. The first-order chi connectivity index (χ1) is 13.1. The third-order valence-corrected chi connectivity index (χ3v) is 5.73. The molecule has 0 spiro atoms. The fraction of sp³-hybridized carbons (Fsp3) is 0.550. The minimum Gasteiger partial charge on any atom is -0.342 e. The Morgan fingerprint density at radius 2 is 2.04 bits per heavy atom. The van der Waals surface area contributed by atoms with E-state index in [4.69, 9.17) is 0 Å². The van der Waals surface area contributed by atoms with Gasteiger partial charge in [-0.05, 0) is 18.9 Å². The van der Waals surface area contributed by atoms with Crippen molar-refractivity contribution in [2.24, 2.45) is 0 Å². The van der Waals surface area contributed by atoms with E-state index < -0.39 is 0 Å². The van der Waals surface area contributed by atoms with Gasteiger partial charge in [-0.3, -0.25) is 9.69 Å². The first-order valence-corrected chi connectivity index (χ1v) is 9.75. The van der Waals surface area contributed by atoms with E-state index in [1.54, 1.807) is 13.0 Å². The largest absolute Gasteiger partial charge is 0.342 e. The minimum atomic E-state index is -0.145. The van der Waals surface area contributed by atoms with Crippen molar-refractivity contribution < 1.29 is 9.18 Å². The number of hydrogen-bond acceptors (Lipinski definition) is 4. The fourth-order valence-electron chi connectivity index (χ4n) is 4.19. The van der Waals surface area contributed by atoms with Crippen LogP contribution in [0.2, 0.25) is 0 Å². The van der Waals surface area contributed by atoms with Crippen LogP contribution in [0.15, 0.2) is 24.3 Å². The molecule has 27 heavy (non-hydrogen) atoms. The molecule has 0 bridgehead atoms. The van der Waals surface area contributed by atoms with Gasteiger partial charge in [0.25, 0.3) is 0 Å². The van der Waals surface area contributed by atoms with E-state index in [-0.39, 0.29) is 17.6 Å². The van der Waals surface area contributed by atoms with Gasteiger partial charge in [0.2, 0.25) is 5.91 Å². The van der Waals surface area contributed by atoms with Crippen LogP contribution in [0, 0.1) is 5.82 Å². The number of aromatic nitrogens is 3. The summed E-state index contributed by atoms with van der Waals surface area (Å²) in [7, 11) is 0. The summed E-state index contributed by atoms with van der Waals surface area (Å²) in [5.41, 5.74) is 0.736. The zero-order valence-electron chi connectivity index (χ0n) is 15.8. The van der Waals surface area contributed by atoms with E-state index in [2.05, 4.69) is 19.7 Å². The Morgan fingerprint density at radius 1 is 1.19 bits per heavy atom. The molecule has 0 saturated carbocycles. The van der Waals surface area contributed by atoms with Gasteiger partial charge in [0.15, 0.2) is 0 Å². The summed E-state index contributed by atoms with van der Waals surface area (Å²) in [6, 6.07) is 6.98. The Kier molecular flexibility index (Phi) is 5.20. The topological polar surface area (TPSA) is 54.3 Å². The number of carbonyl (C=O) groups is 1. The Hall–Kier alpha value is -2.28. The molecule has 2 aliphatic rings. The Morgan fingerprint density at radius 3 is 2.85 bits per heavy atom. The second-order valence-electron chi connectivity index (χ2n) is 7.55. The molecule has 1 aromatic heterocycles. The average molecular weight is 371 g/mol. The Balaban J connectivity index is 1.46. The highest BCUT2D eigenvalue weighted by Gasteiger charge is 2.29. The number of amides is 1. The molecule has 4 rings (SSSR count). The molecule has 144 valence electrons. The lowest BCUT2D eigenvalue weighted by atomic mass is 9.97. The maximum absolute atomic E-state index is 14.0. The van der Waals surface area contributed by atoms with E-state index in [0.717, 1.165) is 69.2 Å². The lowest BCUT2D eigenvalue weighted by molar-refractivity contribution is -0.130. The highest BCUT2D eigenvalue weighted by Crippen LogP contribution is 2.27. The third kappa shape index (κ3) is 3.88. The van der Waals surface area contributed by atoms with E-state index in [9.17, 15) is 9.18 Å². The SMILES string of the molecule is CC(=O)N1CCC[C@H](c2nnc3n2CCN(Cc2ccccc2F)CC3)C1. The zero-order chi connectivity index (χ0) is 18.8. The summed E-state index contributed by atoms with van der Waals surface area (Å²) in [6.07, 6.45) is 2.86. The molecule has 2 aromatic rings. The van der Waals surface area contributed by atoms with E-state index in [0.29, 0.717) is 6.54 Å². The van der Waals surface area contributed by atoms with Crippen LogP contribution in [-0.4, -0.2) is 56.7 Å². The summed E-state index contributed by atoms with van der Waals surface area (Å²) in [6.45, 7) is 6.31. The van der Waals surface area contributed by atoms with Crippen molar-refractivity contribution in [1.82, 2.24) is 24.6 Å². The number of benzene rings is 1. The van der Waals surface area contributed by atoms with Crippen LogP contribution in [0.3, 0.4) is 0 Å². The molecule has 1 amide bonds. The monoisotopic (exact) mass is 371 g/mol. The molecule has 7 heteroatoms. The Bertz CT molecular complexity index is 820. The molecular formula is C20H26FN5O. The van der Waals surface area contributed by atoms with Gasteiger partial charge in [0.1, 0.15) is 17.5 Å².